The Balaban J connectivity index is 1.50. The Morgan fingerprint density at radius 3 is 2.30 bits per heavy atom. The summed E-state index contributed by atoms with van der Waals surface area (Å²) < 4.78 is 55.0. The molecule has 2 unspecified atom stereocenters. The fourth-order valence-corrected chi connectivity index (χ4v) is 6.64. The largest absolute Gasteiger partial charge is 0.465 e. The van der Waals surface area contributed by atoms with Crippen LogP contribution in [0.4, 0.5) is 35.4 Å². The summed E-state index contributed by atoms with van der Waals surface area (Å²) in [6, 6.07) is 22.6. The fourth-order valence-electron chi connectivity index (χ4n) is 5.48. The smallest absolute Gasteiger partial charge is 0.421 e. The van der Waals surface area contributed by atoms with Gasteiger partial charge >= 0.3 is 12.3 Å². The quantitative estimate of drug-likeness (QED) is 0.171. The molecule has 8 nitrogen and oxygen atoms in total. The van der Waals surface area contributed by atoms with Crippen LogP contribution in [0.3, 0.4) is 0 Å². The molecule has 0 aliphatic carbocycles. The molecule has 0 spiro atoms. The Morgan fingerprint density at radius 1 is 0.977 bits per heavy atom. The van der Waals surface area contributed by atoms with E-state index in [4.69, 9.17) is 0 Å². The van der Waals surface area contributed by atoms with Crippen LogP contribution in [0.25, 0.3) is 0 Å². The van der Waals surface area contributed by atoms with Crippen LogP contribution < -0.4 is 15.9 Å². The minimum atomic E-state index is -4.74. The maximum Gasteiger partial charge on any atom is 0.421 e. The van der Waals surface area contributed by atoms with Crippen molar-refractivity contribution in [2.45, 2.75) is 37.5 Å². The van der Waals surface area contributed by atoms with Crippen molar-refractivity contribution in [2.75, 3.05) is 30.5 Å². The molecule has 3 N–H and O–H groups in total. The van der Waals surface area contributed by atoms with Crippen LogP contribution in [-0.2, 0) is 10.7 Å². The lowest BCUT2D eigenvalue weighted by Gasteiger charge is -2.34. The maximum atomic E-state index is 14.0. The molecule has 1 aliphatic rings. The van der Waals surface area contributed by atoms with Crippen molar-refractivity contribution in [2.24, 2.45) is 0 Å². The fraction of sp³-hybridized carbons (Fsp3) is 0.281. The first-order valence-electron chi connectivity index (χ1n) is 14.2. The third-order valence-electron chi connectivity index (χ3n) is 7.64. The summed E-state index contributed by atoms with van der Waals surface area (Å²) in [5.74, 6) is -0.513. The van der Waals surface area contributed by atoms with E-state index in [1.165, 1.54) is 4.90 Å². The highest BCUT2D eigenvalue weighted by molar-refractivity contribution is 7.70. The van der Waals surface area contributed by atoms with Crippen molar-refractivity contribution >= 4 is 36.0 Å². The molecule has 1 fully saturated rings. The van der Waals surface area contributed by atoms with E-state index in [2.05, 4.69) is 20.6 Å². The number of carbonyl (C=O) groups is 1. The number of likely N-dealkylation sites (tertiary alicyclic amines) is 1. The molecule has 230 valence electrons. The number of halogens is 3. The number of hydrogen-bond acceptors (Lipinski definition) is 6. The van der Waals surface area contributed by atoms with Crippen LogP contribution in [0.5, 0.6) is 0 Å². The number of benzene rings is 3. The Bertz CT molecular complexity index is 1660. The summed E-state index contributed by atoms with van der Waals surface area (Å²) in [5, 5.41) is 16.1. The molecule has 0 saturated carbocycles. The van der Waals surface area contributed by atoms with Crippen molar-refractivity contribution in [1.29, 1.82) is 0 Å². The van der Waals surface area contributed by atoms with Crippen molar-refractivity contribution < 1.29 is 27.6 Å². The standard InChI is InChI=1S/C32H33F3N5O3P/c1-44(2,43)27-14-7-6-12-25(27)37-29-24(32(33,34)35)20-36-30(39-29)38-28(22-10-4-3-5-11-22)23-17-15-21(16-18-23)26-13-8-9-19-40(26)31(41)42/h3-7,10-12,14-18,20,26,28H,8-9,13,19H2,1-2H3,(H,41,42)(H2,36,37,38,39). The predicted octanol–water partition coefficient (Wildman–Crippen LogP) is 7.89. The molecule has 12 heteroatoms. The van der Waals surface area contributed by atoms with Gasteiger partial charge in [0.25, 0.3) is 0 Å². The Kier molecular flexibility index (Phi) is 8.97. The first-order chi connectivity index (χ1) is 20.9. The minimum Gasteiger partial charge on any atom is -0.465 e. The second-order valence-electron chi connectivity index (χ2n) is 11.1. The Labute approximate surface area is 253 Å². The van der Waals surface area contributed by atoms with E-state index in [1.807, 2.05) is 54.6 Å². The third-order valence-corrected chi connectivity index (χ3v) is 9.19. The lowest BCUT2D eigenvalue weighted by molar-refractivity contribution is -0.137. The number of anilines is 3. The lowest BCUT2D eigenvalue weighted by Crippen LogP contribution is -2.37. The highest BCUT2D eigenvalue weighted by Gasteiger charge is 2.36. The van der Waals surface area contributed by atoms with Gasteiger partial charge in [0.05, 0.1) is 17.8 Å². The molecule has 44 heavy (non-hydrogen) atoms. The third kappa shape index (κ3) is 7.05. The zero-order valence-electron chi connectivity index (χ0n) is 24.3. The van der Waals surface area contributed by atoms with E-state index in [9.17, 15) is 27.6 Å². The summed E-state index contributed by atoms with van der Waals surface area (Å²) >= 11 is 0. The summed E-state index contributed by atoms with van der Waals surface area (Å²) in [5.41, 5.74) is 1.70. The first kappa shape index (κ1) is 31.1. The van der Waals surface area contributed by atoms with E-state index < -0.39 is 36.8 Å². The topological polar surface area (TPSA) is 107 Å². The van der Waals surface area contributed by atoms with Crippen molar-refractivity contribution in [3.63, 3.8) is 0 Å². The van der Waals surface area contributed by atoms with Gasteiger partial charge in [0.15, 0.2) is 0 Å². The summed E-state index contributed by atoms with van der Waals surface area (Å²) in [4.78, 5) is 21.5. The predicted molar refractivity (Wildman–Crippen MR) is 166 cm³/mol. The molecular weight excluding hydrogens is 590 g/mol. The summed E-state index contributed by atoms with van der Waals surface area (Å²) in [6.07, 6.45) is -2.47. The molecule has 0 radical (unpaired) electrons. The minimum absolute atomic E-state index is 0.0450. The molecule has 2 atom stereocenters. The highest BCUT2D eigenvalue weighted by atomic mass is 31.2. The van der Waals surface area contributed by atoms with Gasteiger partial charge in [-0.1, -0.05) is 66.7 Å². The molecule has 1 saturated heterocycles. The number of alkyl halides is 3. The average Bonchev–Trinajstić information content (AvgIpc) is 3.00. The summed E-state index contributed by atoms with van der Waals surface area (Å²) in [6.45, 7) is 3.58. The van der Waals surface area contributed by atoms with E-state index in [0.717, 1.165) is 42.1 Å². The monoisotopic (exact) mass is 623 g/mol. The molecule has 4 aromatic rings. The van der Waals surface area contributed by atoms with Gasteiger partial charge in [0.2, 0.25) is 5.95 Å². The van der Waals surface area contributed by atoms with Crippen LogP contribution in [-0.4, -0.2) is 45.9 Å². The second-order valence-corrected chi connectivity index (χ2v) is 14.3. The van der Waals surface area contributed by atoms with E-state index in [1.54, 1.807) is 37.6 Å². The number of para-hydroxylation sites is 1. The van der Waals surface area contributed by atoms with E-state index >= 15 is 0 Å². The normalized spacial score (nSPS) is 16.3. The van der Waals surface area contributed by atoms with E-state index in [-0.39, 0.29) is 17.7 Å². The summed E-state index contributed by atoms with van der Waals surface area (Å²) in [7, 11) is -2.83. The maximum absolute atomic E-state index is 14.0. The van der Waals surface area contributed by atoms with Crippen LogP contribution in [0.1, 0.15) is 53.6 Å². The molecule has 3 aromatic carbocycles. The zero-order valence-corrected chi connectivity index (χ0v) is 25.1. The van der Waals surface area contributed by atoms with Gasteiger partial charge in [-0.15, -0.1) is 0 Å². The van der Waals surface area contributed by atoms with Gasteiger partial charge in [-0.05, 0) is 61.4 Å². The second kappa shape index (κ2) is 12.7. The van der Waals surface area contributed by atoms with Crippen molar-refractivity contribution in [1.82, 2.24) is 14.9 Å². The zero-order chi connectivity index (χ0) is 31.5. The van der Waals surface area contributed by atoms with Gasteiger partial charge in [0, 0.05) is 18.0 Å². The van der Waals surface area contributed by atoms with Gasteiger partial charge in [0.1, 0.15) is 18.5 Å². The number of carboxylic acid groups (broad SMARTS) is 1. The van der Waals surface area contributed by atoms with Gasteiger partial charge in [-0.3, -0.25) is 0 Å². The van der Waals surface area contributed by atoms with Crippen LogP contribution in [0.2, 0.25) is 0 Å². The Hall–Kier alpha value is -4.37. The number of hydrogen-bond donors (Lipinski definition) is 3. The molecule has 1 aliphatic heterocycles. The molecule has 5 rings (SSSR count). The average molecular weight is 624 g/mol. The molecular formula is C32H33F3N5O3P. The van der Waals surface area contributed by atoms with Crippen LogP contribution >= 0.6 is 7.14 Å². The van der Waals surface area contributed by atoms with Crippen LogP contribution in [0.15, 0.2) is 85.1 Å². The van der Waals surface area contributed by atoms with Gasteiger partial charge in [-0.2, -0.15) is 18.2 Å². The number of piperidine rings is 1. The molecule has 2 heterocycles. The van der Waals surface area contributed by atoms with Crippen molar-refractivity contribution in [3.05, 3.63) is 107 Å². The highest BCUT2D eigenvalue weighted by Crippen LogP contribution is 2.40. The first-order valence-corrected chi connectivity index (χ1v) is 16.8. The lowest BCUT2D eigenvalue weighted by atomic mass is 9.92. The van der Waals surface area contributed by atoms with Gasteiger partial charge in [-0.25, -0.2) is 9.78 Å². The number of aromatic nitrogens is 2. The van der Waals surface area contributed by atoms with Crippen molar-refractivity contribution in [3.8, 4) is 0 Å². The molecule has 1 aromatic heterocycles. The number of nitrogens with one attached hydrogen (secondary N) is 2. The van der Waals surface area contributed by atoms with E-state index in [0.29, 0.717) is 11.8 Å². The Morgan fingerprint density at radius 2 is 1.64 bits per heavy atom. The SMILES string of the molecule is CP(C)(=O)c1ccccc1Nc1nc(NC(c2ccccc2)c2ccc(C3CCCCN3C(=O)O)cc2)ncc1C(F)(F)F. The van der Waals surface area contributed by atoms with Gasteiger partial charge < -0.3 is 25.2 Å². The van der Waals surface area contributed by atoms with Crippen LogP contribution in [0, 0.1) is 0 Å². The number of amides is 1. The molecule has 1 amide bonds. The number of nitrogens with zero attached hydrogens (tertiary/aromatic N) is 3. The molecule has 0 bridgehead atoms. The number of rotatable bonds is 8.